The summed E-state index contributed by atoms with van der Waals surface area (Å²) in [5, 5.41) is 12.3. The second-order valence-corrected chi connectivity index (χ2v) is 4.22. The molecule has 2 unspecified atom stereocenters. The largest absolute Gasteiger partial charge is 0.393 e. The van der Waals surface area contributed by atoms with Crippen LogP contribution in [0.4, 0.5) is 8.78 Å². The van der Waals surface area contributed by atoms with E-state index in [2.05, 4.69) is 5.32 Å². The van der Waals surface area contributed by atoms with Crippen LogP contribution in [0, 0.1) is 11.6 Å². The minimum atomic E-state index is -0.433. The number of rotatable bonds is 6. The molecular formula is C13H19F2NO. The summed E-state index contributed by atoms with van der Waals surface area (Å²) < 4.78 is 26.6. The monoisotopic (exact) mass is 243 g/mol. The highest BCUT2D eigenvalue weighted by Crippen LogP contribution is 2.21. The van der Waals surface area contributed by atoms with Gasteiger partial charge >= 0.3 is 0 Å². The topological polar surface area (TPSA) is 32.3 Å². The van der Waals surface area contributed by atoms with Crippen LogP contribution in [0.3, 0.4) is 0 Å². The molecular weight excluding hydrogens is 224 g/mol. The Bertz CT molecular complexity index is 355. The number of nitrogens with one attached hydrogen (secondary N) is 1. The molecule has 2 nitrogen and oxygen atoms in total. The molecule has 0 bridgehead atoms. The highest BCUT2D eigenvalue weighted by atomic mass is 19.1. The maximum absolute atomic E-state index is 13.5. The van der Waals surface area contributed by atoms with Crippen LogP contribution in [-0.2, 0) is 0 Å². The van der Waals surface area contributed by atoms with Gasteiger partial charge in [0.1, 0.15) is 11.6 Å². The van der Waals surface area contributed by atoms with Gasteiger partial charge in [0.05, 0.1) is 6.10 Å². The van der Waals surface area contributed by atoms with Crippen molar-refractivity contribution in [2.75, 3.05) is 6.54 Å². The fraction of sp³-hybridized carbons (Fsp3) is 0.538. The van der Waals surface area contributed by atoms with Crippen molar-refractivity contribution in [1.82, 2.24) is 5.32 Å². The first kappa shape index (κ1) is 14.1. The molecule has 0 amide bonds. The van der Waals surface area contributed by atoms with E-state index in [9.17, 15) is 8.78 Å². The van der Waals surface area contributed by atoms with E-state index in [1.54, 1.807) is 6.92 Å². The fourth-order valence-corrected chi connectivity index (χ4v) is 1.72. The maximum atomic E-state index is 13.5. The minimum absolute atomic E-state index is 0.218. The highest BCUT2D eigenvalue weighted by Gasteiger charge is 2.14. The summed E-state index contributed by atoms with van der Waals surface area (Å²) in [6.45, 7) is 4.18. The number of hydrogen-bond donors (Lipinski definition) is 2. The number of halogens is 2. The molecule has 0 aliphatic heterocycles. The van der Waals surface area contributed by atoms with Gasteiger partial charge in [-0.15, -0.1) is 0 Å². The van der Waals surface area contributed by atoms with Gasteiger partial charge in [0.15, 0.2) is 0 Å². The normalized spacial score (nSPS) is 14.6. The molecule has 2 N–H and O–H groups in total. The van der Waals surface area contributed by atoms with Gasteiger partial charge in [-0.1, -0.05) is 6.92 Å². The SMILES string of the molecule is CCC(NCCC(C)O)c1cc(F)ccc1F. The van der Waals surface area contributed by atoms with Crippen LogP contribution in [0.1, 0.15) is 38.3 Å². The van der Waals surface area contributed by atoms with Crippen LogP contribution in [0.2, 0.25) is 0 Å². The average Bonchev–Trinajstić information content (AvgIpc) is 2.28. The number of hydrogen-bond acceptors (Lipinski definition) is 2. The third-order valence-corrected chi connectivity index (χ3v) is 2.69. The zero-order valence-electron chi connectivity index (χ0n) is 10.2. The maximum Gasteiger partial charge on any atom is 0.128 e. The van der Waals surface area contributed by atoms with E-state index in [0.717, 1.165) is 12.1 Å². The summed E-state index contributed by atoms with van der Waals surface area (Å²) in [5.41, 5.74) is 0.345. The lowest BCUT2D eigenvalue weighted by Crippen LogP contribution is -2.25. The first-order valence-electron chi connectivity index (χ1n) is 5.91. The Morgan fingerprint density at radius 1 is 1.35 bits per heavy atom. The Balaban J connectivity index is 2.68. The number of aliphatic hydroxyl groups is 1. The number of benzene rings is 1. The molecule has 96 valence electrons. The Labute approximate surface area is 101 Å². The number of aliphatic hydroxyl groups excluding tert-OH is 1. The molecule has 1 aromatic rings. The second-order valence-electron chi connectivity index (χ2n) is 4.22. The first-order chi connectivity index (χ1) is 8.04. The van der Waals surface area contributed by atoms with Gasteiger partial charge in [0, 0.05) is 11.6 Å². The fourth-order valence-electron chi connectivity index (χ4n) is 1.72. The lowest BCUT2D eigenvalue weighted by atomic mass is 10.0. The standard InChI is InChI=1S/C13H19F2NO/c1-3-13(16-7-6-9(2)17)11-8-10(14)4-5-12(11)15/h4-5,8-9,13,16-17H,3,6-7H2,1-2H3. The molecule has 0 aromatic heterocycles. The van der Waals surface area contributed by atoms with Crippen molar-refractivity contribution in [3.8, 4) is 0 Å². The van der Waals surface area contributed by atoms with Gasteiger partial charge in [0.25, 0.3) is 0 Å². The van der Waals surface area contributed by atoms with Crippen LogP contribution < -0.4 is 5.32 Å². The minimum Gasteiger partial charge on any atom is -0.393 e. The Morgan fingerprint density at radius 3 is 2.65 bits per heavy atom. The van der Waals surface area contributed by atoms with E-state index in [1.807, 2.05) is 6.92 Å². The van der Waals surface area contributed by atoms with E-state index < -0.39 is 17.7 Å². The summed E-state index contributed by atoms with van der Waals surface area (Å²) in [6.07, 6.45) is 0.866. The van der Waals surface area contributed by atoms with Crippen molar-refractivity contribution in [3.63, 3.8) is 0 Å². The van der Waals surface area contributed by atoms with Gasteiger partial charge in [-0.25, -0.2) is 8.78 Å². The Kier molecular flexibility index (Phi) is 5.51. The molecule has 2 atom stereocenters. The van der Waals surface area contributed by atoms with E-state index in [-0.39, 0.29) is 6.04 Å². The predicted molar refractivity (Wildman–Crippen MR) is 63.7 cm³/mol. The molecule has 0 fully saturated rings. The van der Waals surface area contributed by atoms with Crippen molar-refractivity contribution in [2.24, 2.45) is 0 Å². The smallest absolute Gasteiger partial charge is 0.128 e. The van der Waals surface area contributed by atoms with Crippen molar-refractivity contribution in [3.05, 3.63) is 35.4 Å². The molecule has 0 heterocycles. The van der Waals surface area contributed by atoms with Gasteiger partial charge in [-0.05, 0) is 44.5 Å². The average molecular weight is 243 g/mol. The van der Waals surface area contributed by atoms with Crippen molar-refractivity contribution >= 4 is 0 Å². The molecule has 0 radical (unpaired) electrons. The van der Waals surface area contributed by atoms with Gasteiger partial charge < -0.3 is 10.4 Å². The molecule has 0 saturated carbocycles. The third-order valence-electron chi connectivity index (χ3n) is 2.69. The molecule has 0 aliphatic carbocycles. The Hall–Kier alpha value is -1.00. The van der Waals surface area contributed by atoms with Crippen LogP contribution in [0.5, 0.6) is 0 Å². The van der Waals surface area contributed by atoms with Crippen LogP contribution in [-0.4, -0.2) is 17.8 Å². The van der Waals surface area contributed by atoms with E-state index >= 15 is 0 Å². The van der Waals surface area contributed by atoms with Crippen molar-refractivity contribution in [1.29, 1.82) is 0 Å². The van der Waals surface area contributed by atoms with Crippen LogP contribution in [0.15, 0.2) is 18.2 Å². The third kappa shape index (κ3) is 4.40. The summed E-state index contributed by atoms with van der Waals surface area (Å²) in [7, 11) is 0. The Morgan fingerprint density at radius 2 is 2.06 bits per heavy atom. The first-order valence-corrected chi connectivity index (χ1v) is 5.91. The lowest BCUT2D eigenvalue weighted by Gasteiger charge is -2.18. The van der Waals surface area contributed by atoms with Gasteiger partial charge in [-0.3, -0.25) is 0 Å². The molecule has 0 saturated heterocycles. The highest BCUT2D eigenvalue weighted by molar-refractivity contribution is 5.22. The van der Waals surface area contributed by atoms with Crippen molar-refractivity contribution in [2.45, 2.75) is 38.8 Å². The summed E-state index contributed by atoms with van der Waals surface area (Å²) in [4.78, 5) is 0. The molecule has 4 heteroatoms. The van der Waals surface area contributed by atoms with Crippen molar-refractivity contribution < 1.29 is 13.9 Å². The quantitative estimate of drug-likeness (QED) is 0.805. The van der Waals surface area contributed by atoms with E-state index in [1.165, 1.54) is 6.07 Å². The van der Waals surface area contributed by atoms with Crippen LogP contribution >= 0.6 is 0 Å². The van der Waals surface area contributed by atoms with E-state index in [4.69, 9.17) is 5.11 Å². The van der Waals surface area contributed by atoms with E-state index in [0.29, 0.717) is 24.9 Å². The molecule has 0 spiro atoms. The zero-order valence-corrected chi connectivity index (χ0v) is 10.2. The van der Waals surface area contributed by atoms with Crippen LogP contribution in [0.25, 0.3) is 0 Å². The molecule has 1 rings (SSSR count). The molecule has 1 aromatic carbocycles. The summed E-state index contributed by atoms with van der Waals surface area (Å²) >= 11 is 0. The zero-order chi connectivity index (χ0) is 12.8. The second kappa shape index (κ2) is 6.67. The predicted octanol–water partition coefficient (Wildman–Crippen LogP) is 2.78. The van der Waals surface area contributed by atoms with Gasteiger partial charge in [0.2, 0.25) is 0 Å². The van der Waals surface area contributed by atoms with Gasteiger partial charge in [-0.2, -0.15) is 0 Å². The summed E-state index contributed by atoms with van der Waals surface area (Å²) in [6, 6.07) is 3.26. The molecule has 17 heavy (non-hydrogen) atoms. The lowest BCUT2D eigenvalue weighted by molar-refractivity contribution is 0.182. The summed E-state index contributed by atoms with van der Waals surface area (Å²) in [5.74, 6) is -0.833. The molecule has 0 aliphatic rings.